The molecule has 0 spiro atoms. The van der Waals surface area contributed by atoms with Crippen LogP contribution in [0.4, 0.5) is 4.79 Å². The molecule has 2 unspecified atom stereocenters. The van der Waals surface area contributed by atoms with Crippen LogP contribution in [0.5, 0.6) is 0 Å². The first kappa shape index (κ1) is 28.4. The van der Waals surface area contributed by atoms with Crippen LogP contribution in [0, 0.1) is 46.3 Å². The molecule has 8 atom stereocenters. The molecule has 0 aromatic carbocycles. The van der Waals surface area contributed by atoms with Gasteiger partial charge in [0.15, 0.2) is 0 Å². The minimum absolute atomic E-state index is 0.0703. The Kier molecular flexibility index (Phi) is 7.75. The van der Waals surface area contributed by atoms with E-state index < -0.39 is 18.0 Å². The van der Waals surface area contributed by atoms with Gasteiger partial charge in [0.1, 0.15) is 11.9 Å². The minimum atomic E-state index is -0.962. The summed E-state index contributed by atoms with van der Waals surface area (Å²) in [5.41, 5.74) is 1.89. The lowest BCUT2D eigenvalue weighted by Crippen LogP contribution is -2.51. The van der Waals surface area contributed by atoms with E-state index in [1.165, 1.54) is 31.3 Å². The van der Waals surface area contributed by atoms with E-state index in [2.05, 4.69) is 26.8 Å². The first-order chi connectivity index (χ1) is 18.4. The number of fused-ring (bicyclic) bond motifs is 5. The largest absolute Gasteiger partial charge is 0.534 e. The highest BCUT2D eigenvalue weighted by atomic mass is 16.8. The molecular weight excluding hydrogens is 494 g/mol. The number of ketones is 1. The second kappa shape index (κ2) is 10.7. The van der Waals surface area contributed by atoms with Gasteiger partial charge in [0, 0.05) is 31.6 Å². The fourth-order valence-electron chi connectivity index (χ4n) is 9.45. The van der Waals surface area contributed by atoms with Gasteiger partial charge in [0.05, 0.1) is 0 Å². The van der Waals surface area contributed by atoms with E-state index in [4.69, 9.17) is 9.57 Å². The smallest absolute Gasteiger partial charge is 0.429 e. The number of Topliss-reactive ketones (excluding diaryl/α,β-unsaturated/α-hetero) is 1. The fourth-order valence-corrected chi connectivity index (χ4v) is 9.45. The van der Waals surface area contributed by atoms with Crippen molar-refractivity contribution >= 4 is 23.8 Å². The average molecular weight is 542 g/mol. The normalized spacial score (nSPS) is 38.6. The second-order valence-corrected chi connectivity index (χ2v) is 14.0. The van der Waals surface area contributed by atoms with Crippen molar-refractivity contribution in [2.45, 2.75) is 118 Å². The monoisotopic (exact) mass is 541 g/mol. The Morgan fingerprint density at radius 2 is 1.72 bits per heavy atom. The molecule has 3 saturated carbocycles. The van der Waals surface area contributed by atoms with Crippen LogP contribution in [0.3, 0.4) is 0 Å². The molecule has 0 aromatic rings. The number of carbonyl (C=O) groups excluding carboxylic acids is 4. The van der Waals surface area contributed by atoms with E-state index in [0.29, 0.717) is 52.8 Å². The van der Waals surface area contributed by atoms with Gasteiger partial charge in [-0.2, -0.15) is 0 Å². The Labute approximate surface area is 233 Å². The number of hydroxylamine groups is 2. The molecule has 1 heterocycles. The summed E-state index contributed by atoms with van der Waals surface area (Å²) in [4.78, 5) is 53.1. The molecule has 2 amide bonds. The lowest BCUT2D eigenvalue weighted by atomic mass is 9.47. The van der Waals surface area contributed by atoms with Crippen molar-refractivity contribution in [3.05, 3.63) is 11.6 Å². The van der Waals surface area contributed by atoms with E-state index in [1.54, 1.807) is 0 Å². The van der Waals surface area contributed by atoms with Gasteiger partial charge in [-0.1, -0.05) is 51.3 Å². The number of amides is 2. The molecule has 7 heteroatoms. The molecule has 0 aromatic heterocycles. The van der Waals surface area contributed by atoms with E-state index >= 15 is 0 Å². The molecule has 4 aliphatic carbocycles. The molecular formula is C32H47NO6. The predicted octanol–water partition coefficient (Wildman–Crippen LogP) is 6.79. The average Bonchev–Trinajstić information content (AvgIpc) is 3.41. The van der Waals surface area contributed by atoms with Gasteiger partial charge in [-0.05, 0) is 91.8 Å². The van der Waals surface area contributed by atoms with E-state index in [-0.39, 0.29) is 30.3 Å². The molecule has 0 radical (unpaired) electrons. The Morgan fingerprint density at radius 3 is 2.41 bits per heavy atom. The number of nitrogens with zero attached hydrogens (tertiary/aromatic N) is 1. The summed E-state index contributed by atoms with van der Waals surface area (Å²) in [5, 5.41) is 0.552. The number of hydrogen-bond donors (Lipinski definition) is 0. The van der Waals surface area contributed by atoms with E-state index in [1.807, 2.05) is 13.8 Å². The Bertz CT molecular complexity index is 1030. The molecule has 39 heavy (non-hydrogen) atoms. The summed E-state index contributed by atoms with van der Waals surface area (Å²) >= 11 is 0. The van der Waals surface area contributed by atoms with Gasteiger partial charge in [0.2, 0.25) is 0 Å². The second-order valence-electron chi connectivity index (χ2n) is 14.0. The molecule has 4 fully saturated rings. The van der Waals surface area contributed by atoms with Gasteiger partial charge in [-0.25, -0.2) is 4.79 Å². The maximum Gasteiger partial charge on any atom is 0.534 e. The van der Waals surface area contributed by atoms with Gasteiger partial charge in [-0.15, -0.1) is 0 Å². The third-order valence-electron chi connectivity index (χ3n) is 11.7. The van der Waals surface area contributed by atoms with Crippen molar-refractivity contribution in [2.75, 3.05) is 0 Å². The maximum absolute atomic E-state index is 12.4. The molecule has 1 aliphatic heterocycles. The lowest BCUT2D eigenvalue weighted by Gasteiger charge is -2.58. The van der Waals surface area contributed by atoms with Gasteiger partial charge in [-0.3, -0.25) is 19.2 Å². The quantitative estimate of drug-likeness (QED) is 0.200. The summed E-state index contributed by atoms with van der Waals surface area (Å²) in [6, 6.07) is 0. The first-order valence-corrected chi connectivity index (χ1v) is 15.4. The van der Waals surface area contributed by atoms with Crippen LogP contribution in [0.1, 0.15) is 112 Å². The van der Waals surface area contributed by atoms with Crippen LogP contribution in [0.15, 0.2) is 11.6 Å². The lowest BCUT2D eigenvalue weighted by molar-refractivity contribution is -0.179. The molecule has 5 aliphatic rings. The predicted molar refractivity (Wildman–Crippen MR) is 146 cm³/mol. The van der Waals surface area contributed by atoms with Crippen molar-refractivity contribution in [1.82, 2.24) is 5.06 Å². The number of allylic oxidation sites excluding steroid dienone is 1. The van der Waals surface area contributed by atoms with Crippen LogP contribution >= 0.6 is 0 Å². The first-order valence-electron chi connectivity index (χ1n) is 15.4. The minimum Gasteiger partial charge on any atom is -0.429 e. The van der Waals surface area contributed by atoms with Gasteiger partial charge in [0.25, 0.3) is 11.8 Å². The summed E-state index contributed by atoms with van der Waals surface area (Å²) in [6.07, 6.45) is 11.7. The molecule has 5 rings (SSSR count). The highest BCUT2D eigenvalue weighted by Gasteiger charge is 2.59. The van der Waals surface area contributed by atoms with E-state index in [9.17, 15) is 19.2 Å². The van der Waals surface area contributed by atoms with Crippen molar-refractivity contribution in [1.29, 1.82) is 0 Å². The zero-order chi connectivity index (χ0) is 28.1. The molecule has 216 valence electrons. The third-order valence-corrected chi connectivity index (χ3v) is 11.7. The number of ether oxygens (including phenoxy) is 1. The van der Waals surface area contributed by atoms with Gasteiger partial charge >= 0.3 is 6.16 Å². The Balaban J connectivity index is 1.22. The number of carbonyl (C=O) groups is 4. The van der Waals surface area contributed by atoms with E-state index in [0.717, 1.165) is 31.6 Å². The number of rotatable bonds is 7. The molecule has 1 saturated heterocycles. The van der Waals surface area contributed by atoms with Crippen LogP contribution < -0.4 is 0 Å². The summed E-state index contributed by atoms with van der Waals surface area (Å²) in [7, 11) is 0. The Morgan fingerprint density at radius 1 is 1.00 bits per heavy atom. The highest BCUT2D eigenvalue weighted by Crippen LogP contribution is 2.67. The zero-order valence-corrected chi connectivity index (χ0v) is 24.5. The SMILES string of the molecule is CC(C)C(=O)CC[C@@H](C)C1CC[C@H]2C3CC=C4C[C@@H](OC(=O)ON5C(=O)CCC5=O)CC[C@]4(C)[C@H]3CC[C@]12C. The number of imide groups is 1. The fraction of sp³-hybridized carbons (Fsp3) is 0.812. The van der Waals surface area contributed by atoms with Crippen molar-refractivity contribution in [2.24, 2.45) is 46.3 Å². The van der Waals surface area contributed by atoms with Crippen LogP contribution in [0.25, 0.3) is 0 Å². The van der Waals surface area contributed by atoms with Gasteiger partial charge < -0.3 is 4.74 Å². The molecule has 0 bridgehead atoms. The standard InChI is InChI=1S/C32H47NO6/c1-19(2)27(34)11-6-20(3)24-9-10-25-23-8-7-21-18-22(38-30(37)39-33-28(35)12-13-29(33)36)14-16-31(21,4)26(23)15-17-32(24,25)5/h7,19-20,22-26H,6,8-18H2,1-5H3/t20-,22+,23?,24?,25+,26+,31+,32-/m1/s1. The maximum atomic E-state index is 12.4. The summed E-state index contributed by atoms with van der Waals surface area (Å²) < 4.78 is 5.59. The van der Waals surface area contributed by atoms with Crippen molar-refractivity contribution in [3.8, 4) is 0 Å². The van der Waals surface area contributed by atoms with Crippen LogP contribution in [0.2, 0.25) is 0 Å². The third kappa shape index (κ3) is 5.08. The number of hydrogen-bond acceptors (Lipinski definition) is 6. The Hall–Kier alpha value is -2.18. The highest BCUT2D eigenvalue weighted by molar-refractivity contribution is 6.01. The molecule has 0 N–H and O–H groups in total. The van der Waals surface area contributed by atoms with Crippen LogP contribution in [-0.2, 0) is 24.0 Å². The molecule has 7 nitrogen and oxygen atoms in total. The topological polar surface area (TPSA) is 90.0 Å². The van der Waals surface area contributed by atoms with Crippen molar-refractivity contribution < 1.29 is 28.8 Å². The zero-order valence-electron chi connectivity index (χ0n) is 24.5. The summed E-state index contributed by atoms with van der Waals surface area (Å²) in [5.74, 6) is 2.91. The van der Waals surface area contributed by atoms with Crippen LogP contribution in [-0.4, -0.2) is 34.9 Å². The summed E-state index contributed by atoms with van der Waals surface area (Å²) in [6.45, 7) is 11.4. The van der Waals surface area contributed by atoms with Crippen molar-refractivity contribution in [3.63, 3.8) is 0 Å².